The van der Waals surface area contributed by atoms with Gasteiger partial charge >= 0.3 is 0 Å². The lowest BCUT2D eigenvalue weighted by Crippen LogP contribution is -2.54. The molecule has 0 aromatic heterocycles. The summed E-state index contributed by atoms with van der Waals surface area (Å²) in [7, 11) is 2.06. The number of carbonyl (C=O) groups excluding carboxylic acids is 1. The summed E-state index contributed by atoms with van der Waals surface area (Å²) in [5.41, 5.74) is 2.34. The Balaban J connectivity index is 1.42. The molecule has 162 valence electrons. The summed E-state index contributed by atoms with van der Waals surface area (Å²) in [6.07, 6.45) is 10.8. The minimum Gasteiger partial charge on any atom is -0.393 e. The first-order valence-electron chi connectivity index (χ1n) is 12.0. The minimum absolute atomic E-state index is 0.0930. The first kappa shape index (κ1) is 20.3. The van der Waals surface area contributed by atoms with E-state index in [-0.39, 0.29) is 11.5 Å². The molecule has 0 saturated heterocycles. The van der Waals surface area contributed by atoms with E-state index in [1.165, 1.54) is 19.3 Å². The van der Waals surface area contributed by atoms with Crippen LogP contribution in [0.1, 0.15) is 65.2 Å². The second-order valence-corrected chi connectivity index (χ2v) is 11.2. The number of hydrogen-bond donors (Lipinski definition) is 1. The van der Waals surface area contributed by atoms with Crippen molar-refractivity contribution in [3.8, 4) is 0 Å². The maximum absolute atomic E-state index is 13.6. The average molecular weight is 408 g/mol. The first-order valence-corrected chi connectivity index (χ1v) is 12.0. The van der Waals surface area contributed by atoms with Crippen molar-refractivity contribution in [1.29, 1.82) is 0 Å². The zero-order chi connectivity index (χ0) is 21.1. The lowest BCUT2D eigenvalue weighted by Gasteiger charge is -2.59. The van der Waals surface area contributed by atoms with E-state index in [1.807, 2.05) is 18.2 Å². The van der Waals surface area contributed by atoms with E-state index in [4.69, 9.17) is 0 Å². The molecule has 0 unspecified atom stereocenters. The Kier molecular flexibility index (Phi) is 4.89. The number of rotatable bonds is 2. The number of nitrogens with zero attached hydrogens (tertiary/aromatic N) is 1. The molecule has 5 rings (SSSR count). The molecule has 4 fully saturated rings. The lowest BCUT2D eigenvalue weighted by atomic mass is 9.45. The van der Waals surface area contributed by atoms with Gasteiger partial charge in [0, 0.05) is 29.9 Å². The van der Waals surface area contributed by atoms with Crippen LogP contribution >= 0.6 is 0 Å². The number of anilines is 1. The molecule has 3 heteroatoms. The molecule has 1 aromatic rings. The number of allylic oxidation sites excluding steroid dienone is 1. The maximum atomic E-state index is 13.6. The number of ketones is 1. The summed E-state index contributed by atoms with van der Waals surface area (Å²) in [5.74, 6) is 2.95. The third-order valence-corrected chi connectivity index (χ3v) is 9.79. The molecular formula is C27H37NO2. The van der Waals surface area contributed by atoms with Crippen LogP contribution in [0.3, 0.4) is 0 Å². The quantitative estimate of drug-likeness (QED) is 0.650. The molecule has 0 spiro atoms. The van der Waals surface area contributed by atoms with E-state index < -0.39 is 0 Å². The number of carbonyl (C=O) groups is 1. The van der Waals surface area contributed by atoms with Crippen LogP contribution in [0, 0.1) is 34.5 Å². The van der Waals surface area contributed by atoms with E-state index in [2.05, 4.69) is 44.1 Å². The summed E-state index contributed by atoms with van der Waals surface area (Å²) in [6, 6.07) is 10.3. The largest absolute Gasteiger partial charge is 0.393 e. The monoisotopic (exact) mass is 407 g/mol. The summed E-state index contributed by atoms with van der Waals surface area (Å²) < 4.78 is 0. The molecule has 0 amide bonds. The minimum atomic E-state index is -0.179. The van der Waals surface area contributed by atoms with Crippen LogP contribution < -0.4 is 4.90 Å². The highest BCUT2D eigenvalue weighted by Gasteiger charge is 2.61. The fraction of sp³-hybridized carbons (Fsp3) is 0.667. The first-order chi connectivity index (χ1) is 14.3. The van der Waals surface area contributed by atoms with Crippen molar-refractivity contribution in [3.05, 3.63) is 42.1 Å². The Morgan fingerprint density at radius 3 is 2.57 bits per heavy atom. The van der Waals surface area contributed by atoms with Crippen LogP contribution in [-0.4, -0.2) is 24.0 Å². The summed E-state index contributed by atoms with van der Waals surface area (Å²) in [6.45, 7) is 4.78. The van der Waals surface area contributed by atoms with Gasteiger partial charge in [-0.2, -0.15) is 0 Å². The number of benzene rings is 1. The molecule has 0 radical (unpaired) electrons. The Morgan fingerprint density at radius 1 is 1.03 bits per heavy atom. The van der Waals surface area contributed by atoms with Crippen molar-refractivity contribution in [2.75, 3.05) is 11.9 Å². The van der Waals surface area contributed by atoms with Crippen LogP contribution in [0.5, 0.6) is 0 Å². The summed E-state index contributed by atoms with van der Waals surface area (Å²) >= 11 is 0. The number of para-hydroxylation sites is 1. The molecule has 4 aliphatic rings. The third kappa shape index (κ3) is 2.99. The van der Waals surface area contributed by atoms with Gasteiger partial charge in [-0.3, -0.25) is 4.79 Å². The van der Waals surface area contributed by atoms with Gasteiger partial charge in [0.05, 0.1) is 6.10 Å². The maximum Gasteiger partial charge on any atom is 0.166 e. The number of fused-ring (bicyclic) bond motifs is 5. The molecule has 7 atom stereocenters. The Hall–Kier alpha value is -1.61. The van der Waals surface area contributed by atoms with Crippen LogP contribution in [0.2, 0.25) is 0 Å². The zero-order valence-corrected chi connectivity index (χ0v) is 18.8. The van der Waals surface area contributed by atoms with E-state index in [1.54, 1.807) is 0 Å². The highest BCUT2D eigenvalue weighted by Crippen LogP contribution is 2.66. The third-order valence-electron chi connectivity index (χ3n) is 9.79. The van der Waals surface area contributed by atoms with Crippen LogP contribution in [-0.2, 0) is 4.79 Å². The van der Waals surface area contributed by atoms with Gasteiger partial charge in [0.15, 0.2) is 5.78 Å². The van der Waals surface area contributed by atoms with Gasteiger partial charge in [-0.25, -0.2) is 0 Å². The van der Waals surface area contributed by atoms with Crippen molar-refractivity contribution in [2.24, 2.45) is 34.5 Å². The number of aliphatic hydroxyl groups is 1. The van der Waals surface area contributed by atoms with E-state index in [0.29, 0.717) is 29.0 Å². The molecule has 0 bridgehead atoms. The van der Waals surface area contributed by atoms with Crippen LogP contribution in [0.15, 0.2) is 42.1 Å². The summed E-state index contributed by atoms with van der Waals surface area (Å²) in [4.78, 5) is 15.7. The van der Waals surface area contributed by atoms with Gasteiger partial charge in [0.1, 0.15) is 0 Å². The van der Waals surface area contributed by atoms with Gasteiger partial charge in [0.25, 0.3) is 0 Å². The van der Waals surface area contributed by atoms with Crippen molar-refractivity contribution >= 4 is 11.5 Å². The number of Topliss-reactive ketones (excluding diaryl/α,β-unsaturated/α-hetero) is 1. The normalized spacial score (nSPS) is 44.3. The van der Waals surface area contributed by atoms with Gasteiger partial charge in [-0.15, -0.1) is 0 Å². The van der Waals surface area contributed by atoms with Gasteiger partial charge < -0.3 is 10.0 Å². The topological polar surface area (TPSA) is 40.5 Å². The molecule has 4 saturated carbocycles. The van der Waals surface area contributed by atoms with Gasteiger partial charge in [0.2, 0.25) is 0 Å². The predicted octanol–water partition coefficient (Wildman–Crippen LogP) is 5.59. The van der Waals surface area contributed by atoms with Crippen LogP contribution in [0.4, 0.5) is 5.69 Å². The van der Waals surface area contributed by atoms with Crippen molar-refractivity contribution in [1.82, 2.24) is 0 Å². The van der Waals surface area contributed by atoms with Crippen molar-refractivity contribution < 1.29 is 9.90 Å². The predicted molar refractivity (Wildman–Crippen MR) is 121 cm³/mol. The van der Waals surface area contributed by atoms with Gasteiger partial charge in [-0.05, 0) is 92.6 Å². The van der Waals surface area contributed by atoms with E-state index >= 15 is 0 Å². The van der Waals surface area contributed by atoms with E-state index in [9.17, 15) is 9.90 Å². The SMILES string of the molecule is CN(/C=C1\C[C@H]2[C@@H]3CC[C@H]4C[C@@H](O)CC[C@]4(C)[C@H]3CC[C@]2(C)C1=O)c1ccccc1. The molecule has 4 aliphatic carbocycles. The number of aliphatic hydroxyl groups excluding tert-OH is 1. The second-order valence-electron chi connectivity index (χ2n) is 11.2. The van der Waals surface area contributed by atoms with Crippen molar-refractivity contribution in [2.45, 2.75) is 71.3 Å². The molecular weight excluding hydrogens is 370 g/mol. The smallest absolute Gasteiger partial charge is 0.166 e. The number of hydrogen-bond acceptors (Lipinski definition) is 3. The molecule has 30 heavy (non-hydrogen) atoms. The molecule has 0 aliphatic heterocycles. The molecule has 3 nitrogen and oxygen atoms in total. The Bertz CT molecular complexity index is 848. The molecule has 1 aromatic carbocycles. The summed E-state index contributed by atoms with van der Waals surface area (Å²) in [5, 5.41) is 10.2. The van der Waals surface area contributed by atoms with E-state index in [0.717, 1.165) is 49.3 Å². The lowest BCUT2D eigenvalue weighted by molar-refractivity contribution is -0.141. The molecule has 1 N–H and O–H groups in total. The highest BCUT2D eigenvalue weighted by atomic mass is 16.3. The molecule has 0 heterocycles. The fourth-order valence-electron chi connectivity index (χ4n) is 7.99. The fourth-order valence-corrected chi connectivity index (χ4v) is 7.99. The Labute approximate surface area is 181 Å². The van der Waals surface area contributed by atoms with Crippen molar-refractivity contribution in [3.63, 3.8) is 0 Å². The average Bonchev–Trinajstić information content (AvgIpc) is 3.00. The second kappa shape index (κ2) is 7.22. The zero-order valence-electron chi connectivity index (χ0n) is 18.8. The standard InChI is InChI=1S/C27H37NO2/c1-26-13-11-21(29)16-19(26)9-10-22-23(26)12-14-27(2)24(22)15-18(25(27)30)17-28(3)20-7-5-4-6-8-20/h4-8,17,19,21-24,29H,9-16H2,1-3H3/b18-17+/t19-,21-,22+,23-,24-,26-,27-/m0/s1. The highest BCUT2D eigenvalue weighted by molar-refractivity contribution is 6.02. The Morgan fingerprint density at radius 2 is 1.80 bits per heavy atom. The van der Waals surface area contributed by atoms with Gasteiger partial charge in [-0.1, -0.05) is 32.0 Å². The van der Waals surface area contributed by atoms with Crippen LogP contribution in [0.25, 0.3) is 0 Å².